The summed E-state index contributed by atoms with van der Waals surface area (Å²) in [6.07, 6.45) is 0.00595. The number of ether oxygens (including phenoxy) is 3. The molecule has 0 aliphatic carbocycles. The minimum atomic E-state index is -0.506. The molecule has 0 aliphatic heterocycles. The van der Waals surface area contributed by atoms with Gasteiger partial charge in [-0.2, -0.15) is 0 Å². The first-order chi connectivity index (χ1) is 13.5. The average molecular weight is 418 g/mol. The number of hydrogen-bond donors (Lipinski definition) is 0. The van der Waals surface area contributed by atoms with Crippen LogP contribution in [0.2, 0.25) is 5.02 Å². The molecule has 0 aliphatic rings. The number of aromatic nitrogens is 1. The van der Waals surface area contributed by atoms with E-state index >= 15 is 0 Å². The molecule has 144 valence electrons. The van der Waals surface area contributed by atoms with Gasteiger partial charge in [0.25, 0.3) is 0 Å². The molecular weight excluding hydrogens is 402 g/mol. The second-order valence-electron chi connectivity index (χ2n) is 5.66. The van der Waals surface area contributed by atoms with Crippen LogP contribution in [0.4, 0.5) is 0 Å². The van der Waals surface area contributed by atoms with Crippen LogP contribution in [0.3, 0.4) is 0 Å². The Morgan fingerprint density at radius 3 is 2.50 bits per heavy atom. The molecule has 0 fully saturated rings. The Morgan fingerprint density at radius 2 is 1.82 bits per heavy atom. The van der Waals surface area contributed by atoms with Crippen molar-refractivity contribution in [3.8, 4) is 22.1 Å². The predicted octanol–water partition coefficient (Wildman–Crippen LogP) is 4.41. The minimum Gasteiger partial charge on any atom is -0.493 e. The number of esters is 2. The van der Waals surface area contributed by atoms with Gasteiger partial charge >= 0.3 is 11.9 Å². The van der Waals surface area contributed by atoms with E-state index in [1.165, 1.54) is 43.8 Å². The Labute approximate surface area is 170 Å². The summed E-state index contributed by atoms with van der Waals surface area (Å²) in [6.45, 7) is 0. The van der Waals surface area contributed by atoms with Crippen molar-refractivity contribution in [2.75, 3.05) is 14.2 Å². The van der Waals surface area contributed by atoms with Crippen molar-refractivity contribution >= 4 is 34.9 Å². The number of hydrogen-bond acceptors (Lipinski definition) is 7. The highest BCUT2D eigenvalue weighted by Gasteiger charge is 2.16. The lowest BCUT2D eigenvalue weighted by atomic mass is 10.2. The summed E-state index contributed by atoms with van der Waals surface area (Å²) in [4.78, 5) is 28.4. The normalized spacial score (nSPS) is 10.4. The number of nitrogens with zero attached hydrogens (tertiary/aromatic N) is 1. The van der Waals surface area contributed by atoms with Gasteiger partial charge in [-0.15, -0.1) is 11.3 Å². The first-order valence-electron chi connectivity index (χ1n) is 8.17. The highest BCUT2D eigenvalue weighted by Crippen LogP contribution is 2.29. The number of thiazole rings is 1. The van der Waals surface area contributed by atoms with Crippen LogP contribution >= 0.6 is 22.9 Å². The zero-order valence-corrected chi connectivity index (χ0v) is 16.7. The van der Waals surface area contributed by atoms with E-state index < -0.39 is 11.9 Å². The fraction of sp³-hybridized carbons (Fsp3) is 0.150. The summed E-state index contributed by atoms with van der Waals surface area (Å²) in [6, 6.07) is 11.8. The van der Waals surface area contributed by atoms with E-state index in [0.29, 0.717) is 16.3 Å². The fourth-order valence-electron chi connectivity index (χ4n) is 2.42. The SMILES string of the molecule is COC(=O)c1ccc(OC(=O)Cc2csc(-c3ccc(Cl)cc3)n2)c(OC)c1. The van der Waals surface area contributed by atoms with Crippen molar-refractivity contribution in [1.82, 2.24) is 4.98 Å². The van der Waals surface area contributed by atoms with Gasteiger partial charge in [0.15, 0.2) is 11.5 Å². The van der Waals surface area contributed by atoms with Gasteiger partial charge in [0.1, 0.15) is 5.01 Å². The Balaban J connectivity index is 1.69. The molecule has 0 spiro atoms. The van der Waals surface area contributed by atoms with E-state index in [0.717, 1.165) is 10.6 Å². The molecule has 0 amide bonds. The molecule has 0 atom stereocenters. The first-order valence-corrected chi connectivity index (χ1v) is 9.43. The average Bonchev–Trinajstić information content (AvgIpc) is 3.16. The first kappa shape index (κ1) is 19.9. The fourth-order valence-corrected chi connectivity index (χ4v) is 3.37. The monoisotopic (exact) mass is 417 g/mol. The molecule has 0 saturated heterocycles. The van der Waals surface area contributed by atoms with Gasteiger partial charge in [-0.3, -0.25) is 4.79 Å². The van der Waals surface area contributed by atoms with E-state index in [9.17, 15) is 9.59 Å². The third kappa shape index (κ3) is 4.68. The lowest BCUT2D eigenvalue weighted by molar-refractivity contribution is -0.133. The highest BCUT2D eigenvalue weighted by atomic mass is 35.5. The summed E-state index contributed by atoms with van der Waals surface area (Å²) < 4.78 is 15.2. The van der Waals surface area contributed by atoms with E-state index in [2.05, 4.69) is 9.72 Å². The van der Waals surface area contributed by atoms with Crippen LogP contribution in [0, 0.1) is 0 Å². The Hall–Kier alpha value is -2.90. The molecular formula is C20H16ClNO5S. The number of benzene rings is 2. The summed E-state index contributed by atoms with van der Waals surface area (Å²) in [5.41, 5.74) is 1.82. The second kappa shape index (κ2) is 8.86. The topological polar surface area (TPSA) is 74.7 Å². The maximum Gasteiger partial charge on any atom is 0.337 e. The third-order valence-electron chi connectivity index (χ3n) is 3.78. The minimum absolute atomic E-state index is 0.00595. The maximum atomic E-state index is 12.3. The van der Waals surface area contributed by atoms with Crippen LogP contribution in [-0.2, 0) is 16.0 Å². The molecule has 28 heavy (non-hydrogen) atoms. The van der Waals surface area contributed by atoms with E-state index in [4.69, 9.17) is 21.1 Å². The van der Waals surface area contributed by atoms with E-state index in [1.54, 1.807) is 12.1 Å². The quantitative estimate of drug-likeness (QED) is 0.437. The molecule has 8 heteroatoms. The van der Waals surface area contributed by atoms with Crippen molar-refractivity contribution in [2.24, 2.45) is 0 Å². The molecule has 2 aromatic carbocycles. The van der Waals surface area contributed by atoms with Gasteiger partial charge in [-0.25, -0.2) is 9.78 Å². The molecule has 3 aromatic rings. The van der Waals surface area contributed by atoms with Crippen LogP contribution in [0.25, 0.3) is 10.6 Å². The Kier molecular flexibility index (Phi) is 6.28. The number of carbonyl (C=O) groups excluding carboxylic acids is 2. The lowest BCUT2D eigenvalue weighted by Crippen LogP contribution is -2.12. The van der Waals surface area contributed by atoms with E-state index in [1.807, 2.05) is 17.5 Å². The molecule has 1 heterocycles. The van der Waals surface area contributed by atoms with Crippen molar-refractivity contribution in [2.45, 2.75) is 6.42 Å². The van der Waals surface area contributed by atoms with Gasteiger partial charge in [-0.05, 0) is 30.3 Å². The van der Waals surface area contributed by atoms with Crippen LogP contribution in [0.5, 0.6) is 11.5 Å². The van der Waals surface area contributed by atoms with Crippen LogP contribution < -0.4 is 9.47 Å². The molecule has 0 saturated carbocycles. The predicted molar refractivity (Wildman–Crippen MR) is 106 cm³/mol. The van der Waals surface area contributed by atoms with Gasteiger partial charge in [0.2, 0.25) is 0 Å². The number of halogens is 1. The summed E-state index contributed by atoms with van der Waals surface area (Å²) in [5.74, 6) is -0.518. The van der Waals surface area contributed by atoms with Gasteiger partial charge in [-0.1, -0.05) is 23.7 Å². The lowest BCUT2D eigenvalue weighted by Gasteiger charge is -2.10. The number of rotatable bonds is 6. The summed E-state index contributed by atoms with van der Waals surface area (Å²) in [5, 5.41) is 3.25. The van der Waals surface area contributed by atoms with Gasteiger partial charge < -0.3 is 14.2 Å². The zero-order valence-electron chi connectivity index (χ0n) is 15.1. The maximum absolute atomic E-state index is 12.3. The number of methoxy groups -OCH3 is 2. The van der Waals surface area contributed by atoms with Crippen LogP contribution in [0.15, 0.2) is 47.8 Å². The molecule has 0 N–H and O–H groups in total. The Morgan fingerprint density at radius 1 is 1.07 bits per heavy atom. The molecule has 0 radical (unpaired) electrons. The summed E-state index contributed by atoms with van der Waals surface area (Å²) >= 11 is 7.33. The van der Waals surface area contributed by atoms with E-state index in [-0.39, 0.29) is 17.9 Å². The molecule has 1 aromatic heterocycles. The van der Waals surface area contributed by atoms with Crippen LogP contribution in [-0.4, -0.2) is 31.1 Å². The Bertz CT molecular complexity index is 1000. The second-order valence-corrected chi connectivity index (χ2v) is 6.95. The van der Waals surface area contributed by atoms with Crippen molar-refractivity contribution < 1.29 is 23.8 Å². The van der Waals surface area contributed by atoms with Gasteiger partial charge in [0, 0.05) is 16.0 Å². The smallest absolute Gasteiger partial charge is 0.337 e. The van der Waals surface area contributed by atoms with Crippen molar-refractivity contribution in [1.29, 1.82) is 0 Å². The van der Waals surface area contributed by atoms with Crippen molar-refractivity contribution in [3.63, 3.8) is 0 Å². The van der Waals surface area contributed by atoms with Gasteiger partial charge in [0.05, 0.1) is 31.9 Å². The standard InChI is InChI=1S/C20H16ClNO5S/c1-25-17-9-13(20(24)26-2)5-8-16(17)27-18(23)10-15-11-28-19(22-15)12-3-6-14(21)7-4-12/h3-9,11H,10H2,1-2H3. The highest BCUT2D eigenvalue weighted by molar-refractivity contribution is 7.13. The third-order valence-corrected chi connectivity index (χ3v) is 4.97. The molecule has 6 nitrogen and oxygen atoms in total. The largest absolute Gasteiger partial charge is 0.493 e. The molecule has 3 rings (SSSR count). The molecule has 0 unspecified atom stereocenters. The number of carbonyl (C=O) groups is 2. The molecule has 0 bridgehead atoms. The van der Waals surface area contributed by atoms with Crippen LogP contribution in [0.1, 0.15) is 16.1 Å². The van der Waals surface area contributed by atoms with Crippen molar-refractivity contribution in [3.05, 3.63) is 64.1 Å². The summed E-state index contributed by atoms with van der Waals surface area (Å²) in [7, 11) is 2.71. The zero-order chi connectivity index (χ0) is 20.1.